The summed E-state index contributed by atoms with van der Waals surface area (Å²) in [6, 6.07) is 11.8. The fourth-order valence-electron chi connectivity index (χ4n) is 2.70. The number of nitrogens with one attached hydrogen (secondary N) is 2. The van der Waals surface area contributed by atoms with Crippen LogP contribution in [0.4, 0.5) is 17.3 Å². The van der Waals surface area contributed by atoms with E-state index < -0.39 is 0 Å². The molecule has 0 saturated heterocycles. The molecule has 1 aliphatic rings. The minimum atomic E-state index is -0.0828. The Labute approximate surface area is 163 Å². The normalized spacial score (nSPS) is 14.3. The van der Waals surface area contributed by atoms with Gasteiger partial charge in [0.2, 0.25) is 0 Å². The van der Waals surface area contributed by atoms with Crippen molar-refractivity contribution in [2.24, 2.45) is 0 Å². The number of aromatic nitrogens is 4. The summed E-state index contributed by atoms with van der Waals surface area (Å²) in [4.78, 5) is 10.5. The van der Waals surface area contributed by atoms with Crippen LogP contribution >= 0.6 is 11.8 Å². The van der Waals surface area contributed by atoms with Crippen molar-refractivity contribution in [2.45, 2.75) is 55.0 Å². The molecular formula is C20H24N6S. The minimum Gasteiger partial charge on any atom is -0.399 e. The second-order valence-electron chi connectivity index (χ2n) is 7.95. The summed E-state index contributed by atoms with van der Waals surface area (Å²) in [5, 5.41) is 11.5. The smallest absolute Gasteiger partial charge is 0.194 e. The van der Waals surface area contributed by atoms with Crippen molar-refractivity contribution in [2.75, 3.05) is 11.1 Å². The minimum absolute atomic E-state index is 0.0828. The van der Waals surface area contributed by atoms with Crippen LogP contribution in [0.2, 0.25) is 0 Å². The van der Waals surface area contributed by atoms with Crippen LogP contribution in [0, 0.1) is 0 Å². The topological polar surface area (TPSA) is 92.5 Å². The zero-order chi connectivity index (χ0) is 19.0. The monoisotopic (exact) mass is 380 g/mol. The predicted octanol–water partition coefficient (Wildman–Crippen LogP) is 4.85. The summed E-state index contributed by atoms with van der Waals surface area (Å²) in [6.45, 7) is 6.45. The van der Waals surface area contributed by atoms with Crippen molar-refractivity contribution >= 4 is 29.1 Å². The van der Waals surface area contributed by atoms with Crippen LogP contribution in [-0.2, 0) is 5.41 Å². The lowest BCUT2D eigenvalue weighted by atomic mass is 9.92. The molecule has 4 N–H and O–H groups in total. The van der Waals surface area contributed by atoms with Gasteiger partial charge in [-0.15, -0.1) is 0 Å². The van der Waals surface area contributed by atoms with Crippen molar-refractivity contribution in [3.8, 4) is 0 Å². The van der Waals surface area contributed by atoms with Crippen LogP contribution < -0.4 is 11.1 Å². The van der Waals surface area contributed by atoms with Gasteiger partial charge in [0.25, 0.3) is 0 Å². The van der Waals surface area contributed by atoms with E-state index in [0.717, 1.165) is 27.9 Å². The number of nitrogens with zero attached hydrogens (tertiary/aromatic N) is 3. The number of hydrogen-bond donors (Lipinski definition) is 3. The highest BCUT2D eigenvalue weighted by Crippen LogP contribution is 2.39. The third kappa shape index (κ3) is 4.42. The number of nitrogen functional groups attached to an aromatic ring is 1. The van der Waals surface area contributed by atoms with Gasteiger partial charge in [-0.1, -0.05) is 20.8 Å². The van der Waals surface area contributed by atoms with Crippen LogP contribution in [0.5, 0.6) is 0 Å². The van der Waals surface area contributed by atoms with Crippen molar-refractivity contribution in [3.63, 3.8) is 0 Å². The summed E-state index contributed by atoms with van der Waals surface area (Å²) in [5.41, 5.74) is 8.62. The first-order chi connectivity index (χ1) is 12.9. The highest BCUT2D eigenvalue weighted by molar-refractivity contribution is 7.99. The van der Waals surface area contributed by atoms with E-state index in [1.54, 1.807) is 0 Å². The molecule has 0 radical (unpaired) electrons. The number of benzene rings is 1. The molecule has 140 valence electrons. The molecule has 27 heavy (non-hydrogen) atoms. The van der Waals surface area contributed by atoms with Crippen molar-refractivity contribution in [1.29, 1.82) is 0 Å². The molecule has 1 aliphatic carbocycles. The van der Waals surface area contributed by atoms with E-state index in [2.05, 4.69) is 47.3 Å². The summed E-state index contributed by atoms with van der Waals surface area (Å²) in [6.07, 6.45) is 2.48. The second-order valence-corrected chi connectivity index (χ2v) is 8.99. The van der Waals surface area contributed by atoms with E-state index in [1.165, 1.54) is 30.3 Å². The van der Waals surface area contributed by atoms with Crippen molar-refractivity contribution < 1.29 is 0 Å². The van der Waals surface area contributed by atoms with Gasteiger partial charge in [0.15, 0.2) is 11.0 Å². The molecule has 0 bridgehead atoms. The van der Waals surface area contributed by atoms with E-state index in [9.17, 15) is 0 Å². The van der Waals surface area contributed by atoms with Gasteiger partial charge < -0.3 is 11.1 Å². The van der Waals surface area contributed by atoms with Gasteiger partial charge in [0.05, 0.1) is 5.69 Å². The lowest BCUT2D eigenvalue weighted by Gasteiger charge is -2.19. The summed E-state index contributed by atoms with van der Waals surface area (Å²) < 4.78 is 0. The molecule has 0 aliphatic heterocycles. The number of anilines is 3. The van der Waals surface area contributed by atoms with Crippen LogP contribution in [0.3, 0.4) is 0 Å². The molecule has 1 aromatic carbocycles. The quantitative estimate of drug-likeness (QED) is 0.433. The summed E-state index contributed by atoms with van der Waals surface area (Å²) >= 11 is 1.53. The van der Waals surface area contributed by atoms with Gasteiger partial charge >= 0.3 is 0 Å². The maximum absolute atomic E-state index is 5.78. The van der Waals surface area contributed by atoms with Crippen LogP contribution in [0.15, 0.2) is 46.5 Å². The standard InChI is InChI=1S/C20H24N6S/c1-20(2,3)16-11-17(23-18-10-15(25-26-18)12-4-5-12)24-19(22-16)27-14-8-6-13(21)7-9-14/h6-12H,4-5,21H2,1-3H3,(H2,22,23,24,25,26). The van der Waals surface area contributed by atoms with Crippen molar-refractivity contribution in [3.05, 3.63) is 47.8 Å². The van der Waals surface area contributed by atoms with Gasteiger partial charge in [-0.3, -0.25) is 5.10 Å². The molecular weight excluding hydrogens is 356 g/mol. The third-order valence-electron chi connectivity index (χ3n) is 4.43. The zero-order valence-electron chi connectivity index (χ0n) is 15.8. The largest absolute Gasteiger partial charge is 0.399 e. The maximum atomic E-state index is 5.78. The first-order valence-electron chi connectivity index (χ1n) is 9.12. The highest BCUT2D eigenvalue weighted by Gasteiger charge is 2.25. The Bertz CT molecular complexity index is 938. The zero-order valence-corrected chi connectivity index (χ0v) is 16.6. The first-order valence-corrected chi connectivity index (χ1v) is 9.94. The lowest BCUT2D eigenvalue weighted by Crippen LogP contribution is -2.15. The predicted molar refractivity (Wildman–Crippen MR) is 110 cm³/mol. The average Bonchev–Trinajstić information content (AvgIpc) is 3.36. The number of nitrogens with two attached hydrogens (primary N) is 1. The fraction of sp³-hybridized carbons (Fsp3) is 0.350. The third-order valence-corrected chi connectivity index (χ3v) is 5.31. The molecule has 4 rings (SSSR count). The van der Waals surface area contributed by atoms with Gasteiger partial charge in [-0.05, 0) is 48.9 Å². The van der Waals surface area contributed by atoms with Gasteiger partial charge in [0, 0.05) is 39.7 Å². The van der Waals surface area contributed by atoms with Crippen molar-refractivity contribution in [1.82, 2.24) is 20.2 Å². The first kappa shape index (κ1) is 17.9. The molecule has 3 aromatic rings. The molecule has 6 nitrogen and oxygen atoms in total. The van der Waals surface area contributed by atoms with Crippen LogP contribution in [-0.4, -0.2) is 20.2 Å². The number of hydrogen-bond acceptors (Lipinski definition) is 6. The number of rotatable bonds is 5. The molecule has 7 heteroatoms. The van der Waals surface area contributed by atoms with E-state index in [-0.39, 0.29) is 5.41 Å². The van der Waals surface area contributed by atoms with E-state index in [1.807, 2.05) is 30.3 Å². The second kappa shape index (κ2) is 6.88. The van der Waals surface area contributed by atoms with Gasteiger partial charge in [-0.2, -0.15) is 5.10 Å². The Morgan fingerprint density at radius 1 is 1.07 bits per heavy atom. The molecule has 0 amide bonds. The molecule has 0 spiro atoms. The SMILES string of the molecule is CC(C)(C)c1cc(Nc2cc(C3CC3)[nH]n2)nc(Sc2ccc(N)cc2)n1. The molecule has 2 aromatic heterocycles. The Hall–Kier alpha value is -2.54. The van der Waals surface area contributed by atoms with E-state index in [4.69, 9.17) is 10.7 Å². The fourth-order valence-corrected chi connectivity index (χ4v) is 3.47. The Morgan fingerprint density at radius 3 is 2.48 bits per heavy atom. The Kier molecular flexibility index (Phi) is 4.55. The van der Waals surface area contributed by atoms with E-state index in [0.29, 0.717) is 11.1 Å². The number of aromatic amines is 1. The molecule has 1 saturated carbocycles. The van der Waals surface area contributed by atoms with E-state index >= 15 is 0 Å². The summed E-state index contributed by atoms with van der Waals surface area (Å²) in [5.74, 6) is 2.18. The summed E-state index contributed by atoms with van der Waals surface area (Å²) in [7, 11) is 0. The Balaban J connectivity index is 1.61. The van der Waals surface area contributed by atoms with Crippen LogP contribution in [0.25, 0.3) is 0 Å². The van der Waals surface area contributed by atoms with Crippen LogP contribution in [0.1, 0.15) is 50.9 Å². The van der Waals surface area contributed by atoms with Gasteiger partial charge in [-0.25, -0.2) is 9.97 Å². The highest BCUT2D eigenvalue weighted by atomic mass is 32.2. The number of H-pyrrole nitrogens is 1. The average molecular weight is 381 g/mol. The Morgan fingerprint density at radius 2 is 1.81 bits per heavy atom. The van der Waals surface area contributed by atoms with Gasteiger partial charge in [0.1, 0.15) is 5.82 Å². The molecule has 0 unspecified atom stereocenters. The maximum Gasteiger partial charge on any atom is 0.194 e. The molecule has 0 atom stereocenters. The lowest BCUT2D eigenvalue weighted by molar-refractivity contribution is 0.559. The molecule has 2 heterocycles. The molecule has 1 fully saturated rings.